The maximum atomic E-state index is 12.5. The fourth-order valence-electron chi connectivity index (χ4n) is 4.90. The zero-order valence-corrected chi connectivity index (χ0v) is 36.6. The molecule has 15 nitrogen and oxygen atoms in total. The van der Waals surface area contributed by atoms with Crippen LogP contribution in [0.1, 0.15) is 5.69 Å². The summed E-state index contributed by atoms with van der Waals surface area (Å²) in [6.45, 7) is 1.56. The van der Waals surface area contributed by atoms with E-state index in [1.807, 2.05) is 48.5 Å². The normalized spacial score (nSPS) is 11.1. The maximum absolute atomic E-state index is 12.5. The minimum Gasteiger partial charge on any atom is -0.871 e. The molecule has 0 saturated heterocycles. The third-order valence-corrected chi connectivity index (χ3v) is 8.43. The van der Waals surface area contributed by atoms with Crippen LogP contribution in [0.25, 0.3) is 16.5 Å². The number of nitrogens with zero attached hydrogens (tertiary/aromatic N) is 8. The Kier molecular flexibility index (Phi) is 17.3. The predicted octanol–water partition coefficient (Wildman–Crippen LogP) is 1.81. The smallest absolute Gasteiger partial charge is 0.871 e. The van der Waals surface area contributed by atoms with Crippen LogP contribution in [0.5, 0.6) is 23.1 Å². The maximum Gasteiger partial charge on any atom is 3.00 e. The number of benzene rings is 6. The first-order valence-corrected chi connectivity index (χ1v) is 17.3. The van der Waals surface area contributed by atoms with Crippen molar-refractivity contribution in [2.45, 2.75) is 11.8 Å². The average molecular weight is 837 g/mol. The Labute approximate surface area is 381 Å². The SMILES string of the molecule is Cc1nn(-c2ccccc2)c([O-])c1N=Nc1cc(S(=O)(=O)O)ccc1[O-].[Cr+3].[Na+].[Na+].[O-]c1ccc(N=Nc2ccccc2)cc1N=Nc1c([O-])ccc2ccccc12. The van der Waals surface area contributed by atoms with Crippen molar-refractivity contribution in [3.8, 4) is 28.8 Å². The number of hydrogen-bond donors (Lipinski definition) is 1. The monoisotopic (exact) mass is 836 g/mol. The molecule has 1 aromatic heterocycles. The third kappa shape index (κ3) is 11.9. The first-order valence-electron chi connectivity index (χ1n) is 15.9. The van der Waals surface area contributed by atoms with Gasteiger partial charge in [0, 0.05) is 11.3 Å². The van der Waals surface area contributed by atoms with Gasteiger partial charge in [-0.1, -0.05) is 102 Å². The van der Waals surface area contributed by atoms with E-state index >= 15 is 0 Å². The molecule has 6 aromatic carbocycles. The van der Waals surface area contributed by atoms with Gasteiger partial charge in [0.05, 0.1) is 44.7 Å². The van der Waals surface area contributed by atoms with Crippen LogP contribution in [0.3, 0.4) is 0 Å². The molecule has 0 spiro atoms. The van der Waals surface area contributed by atoms with Crippen LogP contribution >= 0.6 is 0 Å². The Morgan fingerprint density at radius 3 is 1.79 bits per heavy atom. The van der Waals surface area contributed by atoms with E-state index in [2.05, 4.69) is 35.8 Å². The second kappa shape index (κ2) is 21.1. The zero-order valence-electron chi connectivity index (χ0n) is 30.5. The summed E-state index contributed by atoms with van der Waals surface area (Å²) in [7, 11) is -4.49. The minimum atomic E-state index is -4.49. The van der Waals surface area contributed by atoms with Crippen LogP contribution in [0.15, 0.2) is 169 Å². The minimum absolute atomic E-state index is 0. The van der Waals surface area contributed by atoms with Gasteiger partial charge in [0.25, 0.3) is 10.1 Å². The van der Waals surface area contributed by atoms with E-state index in [1.54, 1.807) is 55.5 Å². The van der Waals surface area contributed by atoms with Crippen molar-refractivity contribution in [2.75, 3.05) is 0 Å². The number of para-hydroxylation sites is 1. The van der Waals surface area contributed by atoms with Crippen molar-refractivity contribution in [1.29, 1.82) is 0 Å². The predicted molar refractivity (Wildman–Crippen MR) is 192 cm³/mol. The summed E-state index contributed by atoms with van der Waals surface area (Å²) in [4.78, 5) is -0.495. The molecule has 7 aromatic rings. The number of azo groups is 3. The Balaban J connectivity index is 0.000000291. The zero-order chi connectivity index (χ0) is 38.2. The molecule has 1 heterocycles. The van der Waals surface area contributed by atoms with Gasteiger partial charge in [-0.2, -0.15) is 39.1 Å². The molecule has 0 aliphatic carbocycles. The molecule has 57 heavy (non-hydrogen) atoms. The van der Waals surface area contributed by atoms with Gasteiger partial charge < -0.3 is 20.4 Å². The summed E-state index contributed by atoms with van der Waals surface area (Å²) >= 11 is 0. The number of rotatable bonds is 8. The summed E-state index contributed by atoms with van der Waals surface area (Å²) in [5.74, 6) is -1.71. The molecule has 0 saturated carbocycles. The molecule has 0 atom stereocenters. The van der Waals surface area contributed by atoms with Crippen LogP contribution in [0.2, 0.25) is 0 Å². The van der Waals surface area contributed by atoms with Gasteiger partial charge >= 0.3 is 76.5 Å². The van der Waals surface area contributed by atoms with E-state index in [9.17, 15) is 28.8 Å². The molecule has 7 rings (SSSR count). The molecule has 0 aliphatic heterocycles. The van der Waals surface area contributed by atoms with Crippen molar-refractivity contribution in [1.82, 2.24) is 9.78 Å². The number of aromatic nitrogens is 2. The van der Waals surface area contributed by atoms with Gasteiger partial charge in [0.15, 0.2) is 0 Å². The molecule has 273 valence electrons. The van der Waals surface area contributed by atoms with Crippen molar-refractivity contribution in [2.24, 2.45) is 30.7 Å². The number of fused-ring (bicyclic) bond motifs is 1. The summed E-state index contributed by atoms with van der Waals surface area (Å²) in [6, 6.07) is 35.7. The molecule has 1 radical (unpaired) electrons. The Bertz CT molecular complexity index is 2670. The van der Waals surface area contributed by atoms with E-state index in [-0.39, 0.29) is 111 Å². The summed E-state index contributed by atoms with van der Waals surface area (Å²) < 4.78 is 32.5. The average Bonchev–Trinajstić information content (AvgIpc) is 3.46. The topological polar surface area (TPSA) is 239 Å². The van der Waals surface area contributed by atoms with Crippen LogP contribution in [0.4, 0.5) is 34.1 Å². The summed E-state index contributed by atoms with van der Waals surface area (Å²) in [5.41, 5.74) is 1.89. The van der Waals surface area contributed by atoms with Crippen molar-refractivity contribution >= 4 is 55.0 Å². The van der Waals surface area contributed by atoms with Gasteiger partial charge in [0.1, 0.15) is 5.69 Å². The quantitative estimate of drug-likeness (QED) is 0.134. The Morgan fingerprint density at radius 1 is 0.579 bits per heavy atom. The van der Waals surface area contributed by atoms with E-state index < -0.39 is 26.6 Å². The van der Waals surface area contributed by atoms with Crippen LogP contribution in [-0.2, 0) is 27.5 Å². The molecule has 1 N–H and O–H groups in total. The van der Waals surface area contributed by atoms with E-state index in [4.69, 9.17) is 4.55 Å². The van der Waals surface area contributed by atoms with Gasteiger partial charge in [-0.05, 0) is 60.8 Å². The van der Waals surface area contributed by atoms with Gasteiger partial charge in [-0.15, -0.1) is 5.11 Å². The fourth-order valence-corrected chi connectivity index (χ4v) is 5.40. The van der Waals surface area contributed by atoms with Crippen molar-refractivity contribution in [3.05, 3.63) is 139 Å². The van der Waals surface area contributed by atoms with Crippen molar-refractivity contribution < 1.29 is 110 Å². The molecule has 0 unspecified atom stereocenters. The third-order valence-electron chi connectivity index (χ3n) is 7.58. The molecule has 19 heteroatoms. The Hall–Kier alpha value is -4.77. The van der Waals surface area contributed by atoms with E-state index in [0.717, 1.165) is 28.3 Å². The van der Waals surface area contributed by atoms with Gasteiger partial charge in [-0.3, -0.25) is 4.55 Å². The van der Waals surface area contributed by atoms with Crippen molar-refractivity contribution in [3.63, 3.8) is 0 Å². The number of hydrogen-bond acceptors (Lipinski definition) is 13. The first-order chi connectivity index (χ1) is 26.0. The molecular weight excluding hydrogens is 811 g/mol. The first kappa shape index (κ1) is 46.6. The number of aryl methyl sites for hydroxylation is 1. The molecule has 0 aliphatic rings. The second-order valence-electron chi connectivity index (χ2n) is 11.3. The second-order valence-corrected chi connectivity index (χ2v) is 12.7. The van der Waals surface area contributed by atoms with Crippen LogP contribution < -0.4 is 79.5 Å². The standard InChI is InChI=1S/C22H16N4O2.C16H14N4O5S.Cr.2Na/c27-20-13-11-17(24-23-16-7-2-1-3-8-16)14-19(20)25-26-22-18-9-5-4-6-15(18)10-12-21(22)28;1-10-15(16(22)20(19-10)11-5-3-2-4-6-11)18-17-13-9-12(26(23,24)25)7-8-14(13)21;;;/h1-14,27-28H;2-9,21-22H,1H3,(H,23,24,25);;;/q;;+3;2*+1/p-4. The molecule has 0 fully saturated rings. The van der Waals surface area contributed by atoms with E-state index in [0.29, 0.717) is 28.1 Å². The van der Waals surface area contributed by atoms with Crippen LogP contribution in [-0.4, -0.2) is 22.8 Å². The van der Waals surface area contributed by atoms with E-state index in [1.165, 1.54) is 18.2 Å². The summed E-state index contributed by atoms with van der Waals surface area (Å²) in [6.07, 6.45) is 0. The van der Waals surface area contributed by atoms with Gasteiger partial charge in [-0.25, -0.2) is 4.68 Å². The molecule has 0 bridgehead atoms. The molecular formula is C38H26CrN8Na2O7S+. The fraction of sp³-hybridized carbons (Fsp3) is 0.0263. The summed E-state index contributed by atoms with van der Waals surface area (Å²) in [5, 5.41) is 78.0. The Morgan fingerprint density at radius 2 is 1.12 bits per heavy atom. The van der Waals surface area contributed by atoms with Gasteiger partial charge in [0.2, 0.25) is 0 Å². The molecule has 0 amide bonds. The largest absolute Gasteiger partial charge is 3.00 e. The van der Waals surface area contributed by atoms with Crippen LogP contribution in [0, 0.1) is 6.92 Å².